The highest BCUT2D eigenvalue weighted by Crippen LogP contribution is 2.39. The summed E-state index contributed by atoms with van der Waals surface area (Å²) in [6.45, 7) is -0.193. The monoisotopic (exact) mass is 495 g/mol. The van der Waals surface area contributed by atoms with E-state index in [0.717, 1.165) is 23.0 Å². The van der Waals surface area contributed by atoms with Crippen LogP contribution in [0.2, 0.25) is 0 Å². The number of anilines is 2. The lowest BCUT2D eigenvalue weighted by molar-refractivity contribution is -0.136. The number of hydrogen-bond donors (Lipinski definition) is 1. The number of rotatable bonds is 3. The van der Waals surface area contributed by atoms with Crippen LogP contribution in [-0.2, 0) is 6.18 Å². The lowest BCUT2D eigenvalue weighted by Gasteiger charge is -2.28. The van der Waals surface area contributed by atoms with Crippen molar-refractivity contribution < 1.29 is 17.6 Å². The zero-order valence-corrected chi connectivity index (χ0v) is 18.4. The van der Waals surface area contributed by atoms with Gasteiger partial charge in [0.2, 0.25) is 0 Å². The van der Waals surface area contributed by atoms with E-state index in [1.54, 1.807) is 30.3 Å². The minimum Gasteiger partial charge on any atom is -0.382 e. The molecule has 2 atom stereocenters. The Kier molecular flexibility index (Phi) is 5.55. The molecule has 1 aliphatic heterocycles. The second-order valence-electron chi connectivity index (χ2n) is 8.21. The molecule has 5 rings (SSSR count). The number of halogens is 4. The predicted octanol–water partition coefficient (Wildman–Crippen LogP) is 3.94. The molecule has 1 saturated heterocycles. The Morgan fingerprint density at radius 1 is 1.08 bits per heavy atom. The molecule has 0 unspecified atom stereocenters. The molecule has 1 fully saturated rings. The van der Waals surface area contributed by atoms with E-state index in [-0.39, 0.29) is 47.2 Å². The normalized spacial score (nSPS) is 17.9. The van der Waals surface area contributed by atoms with Crippen LogP contribution in [0.5, 0.6) is 0 Å². The van der Waals surface area contributed by atoms with Gasteiger partial charge in [-0.25, -0.2) is 19.3 Å². The van der Waals surface area contributed by atoms with Crippen LogP contribution in [0, 0.1) is 11.3 Å². The van der Waals surface area contributed by atoms with Gasteiger partial charge in [0.1, 0.15) is 35.8 Å². The van der Waals surface area contributed by atoms with Gasteiger partial charge in [0, 0.05) is 6.42 Å². The van der Waals surface area contributed by atoms with Crippen molar-refractivity contribution in [3.63, 3.8) is 0 Å². The Balaban J connectivity index is 1.82. The highest BCUT2D eigenvalue weighted by Gasteiger charge is 2.40. The van der Waals surface area contributed by atoms with Gasteiger partial charge in [-0.2, -0.15) is 18.4 Å². The van der Waals surface area contributed by atoms with Crippen molar-refractivity contribution in [2.45, 2.75) is 24.8 Å². The van der Waals surface area contributed by atoms with Crippen molar-refractivity contribution >= 4 is 22.5 Å². The topological polar surface area (TPSA) is 114 Å². The molecule has 8 nitrogen and oxygen atoms in total. The Labute approximate surface area is 201 Å². The van der Waals surface area contributed by atoms with E-state index < -0.39 is 34.9 Å². The summed E-state index contributed by atoms with van der Waals surface area (Å²) in [6.07, 6.45) is -5.20. The highest BCUT2D eigenvalue weighted by molar-refractivity contribution is 5.82. The van der Waals surface area contributed by atoms with Gasteiger partial charge in [-0.3, -0.25) is 9.36 Å². The summed E-state index contributed by atoms with van der Waals surface area (Å²) in [5.41, 5.74) is 3.76. The second kappa shape index (κ2) is 8.60. The smallest absolute Gasteiger partial charge is 0.382 e. The zero-order valence-electron chi connectivity index (χ0n) is 18.4. The fraction of sp³-hybridized carbons (Fsp3) is 0.208. The average Bonchev–Trinajstić information content (AvgIpc) is 3.24. The predicted molar refractivity (Wildman–Crippen MR) is 123 cm³/mol. The van der Waals surface area contributed by atoms with Gasteiger partial charge in [0.05, 0.1) is 34.7 Å². The van der Waals surface area contributed by atoms with Crippen LogP contribution >= 0.6 is 0 Å². The molecule has 182 valence electrons. The molecule has 0 aliphatic carbocycles. The van der Waals surface area contributed by atoms with Gasteiger partial charge >= 0.3 is 6.18 Å². The molecule has 0 radical (unpaired) electrons. The molecule has 2 N–H and O–H groups in total. The fourth-order valence-corrected chi connectivity index (χ4v) is 4.51. The van der Waals surface area contributed by atoms with Crippen LogP contribution in [0.3, 0.4) is 0 Å². The molecule has 3 heterocycles. The quantitative estimate of drug-likeness (QED) is 0.428. The van der Waals surface area contributed by atoms with Crippen LogP contribution in [0.15, 0.2) is 59.7 Å². The Hall–Kier alpha value is -4.53. The van der Waals surface area contributed by atoms with E-state index in [9.17, 15) is 27.6 Å². The summed E-state index contributed by atoms with van der Waals surface area (Å²) in [6, 6.07) is 12.3. The number of hydrogen-bond acceptors (Lipinski definition) is 7. The number of para-hydroxylation sites is 1. The third-order valence-electron chi connectivity index (χ3n) is 6.03. The minimum absolute atomic E-state index is 0.0132. The summed E-state index contributed by atoms with van der Waals surface area (Å²) < 4.78 is 57.3. The molecule has 0 amide bonds. The zero-order chi connectivity index (χ0) is 25.6. The van der Waals surface area contributed by atoms with E-state index in [0.29, 0.717) is 0 Å². The number of nitrogens with two attached hydrogens (primary N) is 1. The van der Waals surface area contributed by atoms with E-state index in [4.69, 9.17) is 5.73 Å². The highest BCUT2D eigenvalue weighted by atomic mass is 19.4. The third kappa shape index (κ3) is 3.78. The maximum absolute atomic E-state index is 14.8. The number of nitriles is 1. The first-order valence-corrected chi connectivity index (χ1v) is 10.8. The van der Waals surface area contributed by atoms with Gasteiger partial charge < -0.3 is 10.6 Å². The molecule has 0 spiro atoms. The van der Waals surface area contributed by atoms with Crippen molar-refractivity contribution in [3.05, 3.63) is 82.2 Å². The van der Waals surface area contributed by atoms with Crippen molar-refractivity contribution in [3.8, 4) is 11.8 Å². The molecule has 0 saturated carbocycles. The lowest BCUT2D eigenvalue weighted by Crippen LogP contribution is -2.33. The largest absolute Gasteiger partial charge is 0.417 e. The molecule has 1 aliphatic rings. The van der Waals surface area contributed by atoms with E-state index in [1.807, 2.05) is 6.07 Å². The average molecular weight is 495 g/mol. The van der Waals surface area contributed by atoms with E-state index >= 15 is 0 Å². The Morgan fingerprint density at radius 2 is 1.83 bits per heavy atom. The van der Waals surface area contributed by atoms with Crippen LogP contribution in [0.1, 0.15) is 29.4 Å². The molecular formula is C24H17F4N7O. The van der Waals surface area contributed by atoms with Crippen molar-refractivity contribution in [2.75, 3.05) is 17.2 Å². The number of alkyl halides is 4. The Bertz CT molecular complexity index is 1560. The minimum atomic E-state index is -4.79. The van der Waals surface area contributed by atoms with Crippen molar-refractivity contribution in [1.82, 2.24) is 19.5 Å². The second-order valence-corrected chi connectivity index (χ2v) is 8.21. The van der Waals surface area contributed by atoms with Gasteiger partial charge in [-0.05, 0) is 24.3 Å². The SMILES string of the molecule is N#Cc1c(N)ncnc1N1C[C@@H](F)C[C@H]1c1nc2cccc(C(F)(F)F)c2c(=O)n1-c1ccccc1. The molecule has 4 aromatic rings. The number of nitrogen functional groups attached to an aromatic ring is 1. The van der Waals surface area contributed by atoms with Gasteiger partial charge in [0.15, 0.2) is 5.82 Å². The van der Waals surface area contributed by atoms with E-state index in [2.05, 4.69) is 15.0 Å². The van der Waals surface area contributed by atoms with Gasteiger partial charge in [-0.15, -0.1) is 0 Å². The fourth-order valence-electron chi connectivity index (χ4n) is 4.51. The first kappa shape index (κ1) is 23.2. The third-order valence-corrected chi connectivity index (χ3v) is 6.03. The molecule has 36 heavy (non-hydrogen) atoms. The summed E-state index contributed by atoms with van der Waals surface area (Å²) >= 11 is 0. The number of benzene rings is 2. The molecule has 2 aromatic heterocycles. The number of aromatic nitrogens is 4. The van der Waals surface area contributed by atoms with E-state index in [1.165, 1.54) is 11.0 Å². The van der Waals surface area contributed by atoms with Crippen LogP contribution in [-0.4, -0.2) is 32.2 Å². The van der Waals surface area contributed by atoms with Crippen molar-refractivity contribution in [1.29, 1.82) is 5.26 Å². The van der Waals surface area contributed by atoms with Crippen LogP contribution in [0.25, 0.3) is 16.6 Å². The molecular weight excluding hydrogens is 478 g/mol. The van der Waals surface area contributed by atoms with Crippen molar-refractivity contribution in [2.24, 2.45) is 0 Å². The summed E-state index contributed by atoms with van der Waals surface area (Å²) in [5.74, 6) is -0.0438. The summed E-state index contributed by atoms with van der Waals surface area (Å²) in [5, 5.41) is 9.00. The van der Waals surface area contributed by atoms with Gasteiger partial charge in [0.25, 0.3) is 5.56 Å². The first-order valence-electron chi connectivity index (χ1n) is 10.8. The van der Waals surface area contributed by atoms with Crippen LogP contribution in [0.4, 0.5) is 29.2 Å². The molecule has 0 bridgehead atoms. The maximum Gasteiger partial charge on any atom is 0.417 e. The number of nitrogens with zero attached hydrogens (tertiary/aromatic N) is 6. The number of fused-ring (bicyclic) bond motifs is 1. The van der Waals surface area contributed by atoms with Crippen LogP contribution < -0.4 is 16.2 Å². The maximum atomic E-state index is 14.8. The summed E-state index contributed by atoms with van der Waals surface area (Å²) in [7, 11) is 0. The van der Waals surface area contributed by atoms with Gasteiger partial charge in [-0.1, -0.05) is 24.3 Å². The Morgan fingerprint density at radius 3 is 2.53 bits per heavy atom. The first-order chi connectivity index (χ1) is 17.2. The summed E-state index contributed by atoms with van der Waals surface area (Å²) in [4.78, 5) is 27.5. The standard InChI is InChI=1S/C24H17F4N7O/c25-13-9-18(34(11-13)21-15(10-29)20(30)31-12-32-21)22-33-17-8-4-7-16(24(26,27)28)19(17)23(36)35(22)14-5-2-1-3-6-14/h1-8,12-13,18H,9,11H2,(H2,30,31,32)/t13-,18-/m0/s1. The lowest BCUT2D eigenvalue weighted by atomic mass is 10.1. The molecule has 2 aromatic carbocycles. The molecule has 12 heteroatoms.